The van der Waals surface area contributed by atoms with Gasteiger partial charge in [0.2, 0.25) is 0 Å². The Kier molecular flexibility index (Phi) is 6.50. The molecule has 0 radical (unpaired) electrons. The lowest BCUT2D eigenvalue weighted by atomic mass is 10.2. The van der Waals surface area contributed by atoms with Gasteiger partial charge in [0.05, 0.1) is 13.7 Å². The summed E-state index contributed by atoms with van der Waals surface area (Å²) in [6.45, 7) is 2.88. The maximum Gasteiger partial charge on any atom is 0.161 e. The molecule has 0 bridgehead atoms. The topological polar surface area (TPSA) is 44.5 Å². The van der Waals surface area contributed by atoms with Gasteiger partial charge in [-0.05, 0) is 24.6 Å². The maximum atomic E-state index is 5.73. The Hall–Kier alpha value is -1.29. The SMILES string of the molecule is CCCCCCOc1cc(C(N)=S)ccc1OC. The molecule has 0 heterocycles. The Bertz CT molecular complexity index is 393. The zero-order valence-corrected chi connectivity index (χ0v) is 11.9. The van der Waals surface area contributed by atoms with Gasteiger partial charge in [-0.1, -0.05) is 38.4 Å². The Morgan fingerprint density at radius 2 is 2.00 bits per heavy atom. The largest absolute Gasteiger partial charge is 0.493 e. The highest BCUT2D eigenvalue weighted by atomic mass is 32.1. The molecule has 0 spiro atoms. The first-order valence-electron chi connectivity index (χ1n) is 6.29. The zero-order chi connectivity index (χ0) is 13.4. The molecule has 0 fully saturated rings. The van der Waals surface area contributed by atoms with Crippen molar-refractivity contribution in [2.45, 2.75) is 32.6 Å². The van der Waals surface area contributed by atoms with Crippen molar-refractivity contribution in [3.8, 4) is 11.5 Å². The van der Waals surface area contributed by atoms with Gasteiger partial charge in [0.25, 0.3) is 0 Å². The molecule has 4 heteroatoms. The molecule has 1 rings (SSSR count). The van der Waals surface area contributed by atoms with Crippen molar-refractivity contribution < 1.29 is 9.47 Å². The fourth-order valence-electron chi connectivity index (χ4n) is 1.65. The van der Waals surface area contributed by atoms with Crippen molar-refractivity contribution in [1.82, 2.24) is 0 Å². The third-order valence-electron chi connectivity index (χ3n) is 2.70. The Balaban J connectivity index is 2.61. The van der Waals surface area contributed by atoms with Crippen LogP contribution < -0.4 is 15.2 Å². The predicted octanol–water partition coefficient (Wildman–Crippen LogP) is 3.29. The Morgan fingerprint density at radius 1 is 1.22 bits per heavy atom. The van der Waals surface area contributed by atoms with Gasteiger partial charge in [-0.15, -0.1) is 0 Å². The molecule has 0 atom stereocenters. The molecule has 0 amide bonds. The van der Waals surface area contributed by atoms with Crippen LogP contribution in [-0.2, 0) is 0 Å². The van der Waals surface area contributed by atoms with Crippen LogP contribution >= 0.6 is 12.2 Å². The van der Waals surface area contributed by atoms with Gasteiger partial charge in [0.15, 0.2) is 11.5 Å². The normalized spacial score (nSPS) is 10.1. The molecule has 18 heavy (non-hydrogen) atoms. The van der Waals surface area contributed by atoms with E-state index in [-0.39, 0.29) is 0 Å². The second-order valence-electron chi connectivity index (χ2n) is 4.14. The van der Waals surface area contributed by atoms with Crippen LogP contribution in [0.5, 0.6) is 11.5 Å². The molecule has 0 aliphatic heterocycles. The molecule has 0 unspecified atom stereocenters. The highest BCUT2D eigenvalue weighted by molar-refractivity contribution is 7.80. The molecular weight excluding hydrogens is 246 g/mol. The number of methoxy groups -OCH3 is 1. The molecule has 2 N–H and O–H groups in total. The number of hydrogen-bond acceptors (Lipinski definition) is 3. The number of ether oxygens (including phenoxy) is 2. The molecular formula is C14H21NO2S. The van der Waals surface area contributed by atoms with Crippen molar-refractivity contribution in [3.63, 3.8) is 0 Å². The standard InChI is InChI=1S/C14H21NO2S/c1-3-4-5-6-9-17-13-10-11(14(15)18)7-8-12(13)16-2/h7-8,10H,3-6,9H2,1-2H3,(H2,15,18). The Morgan fingerprint density at radius 3 is 2.61 bits per heavy atom. The predicted molar refractivity (Wildman–Crippen MR) is 78.5 cm³/mol. The highest BCUT2D eigenvalue weighted by Crippen LogP contribution is 2.28. The highest BCUT2D eigenvalue weighted by Gasteiger charge is 2.07. The van der Waals surface area contributed by atoms with Crippen LogP contribution in [0.25, 0.3) is 0 Å². The second-order valence-corrected chi connectivity index (χ2v) is 4.58. The van der Waals surface area contributed by atoms with Gasteiger partial charge in [-0.3, -0.25) is 0 Å². The molecule has 0 saturated heterocycles. The van der Waals surface area contributed by atoms with E-state index in [0.717, 1.165) is 12.0 Å². The molecule has 0 aromatic heterocycles. The lowest BCUT2D eigenvalue weighted by Gasteiger charge is -2.11. The first kappa shape index (κ1) is 14.8. The average molecular weight is 267 g/mol. The summed E-state index contributed by atoms with van der Waals surface area (Å²) in [6, 6.07) is 5.50. The van der Waals surface area contributed by atoms with Crippen LogP contribution in [-0.4, -0.2) is 18.7 Å². The van der Waals surface area contributed by atoms with Crippen LogP contribution in [0.2, 0.25) is 0 Å². The van der Waals surface area contributed by atoms with Crippen molar-refractivity contribution in [2.75, 3.05) is 13.7 Å². The van der Waals surface area contributed by atoms with Gasteiger partial charge in [0.1, 0.15) is 4.99 Å². The summed E-state index contributed by atoms with van der Waals surface area (Å²) in [6.07, 6.45) is 4.70. The number of benzene rings is 1. The molecule has 0 aliphatic rings. The Labute approximate surface area is 114 Å². The monoisotopic (exact) mass is 267 g/mol. The lowest BCUT2D eigenvalue weighted by Crippen LogP contribution is -2.10. The van der Waals surface area contributed by atoms with Crippen LogP contribution in [0.15, 0.2) is 18.2 Å². The fourth-order valence-corrected chi connectivity index (χ4v) is 1.78. The summed E-state index contributed by atoms with van der Waals surface area (Å²) in [5.74, 6) is 1.42. The van der Waals surface area contributed by atoms with Crippen molar-refractivity contribution in [3.05, 3.63) is 23.8 Å². The van der Waals surface area contributed by atoms with E-state index in [4.69, 9.17) is 27.4 Å². The van der Waals surface area contributed by atoms with Gasteiger partial charge in [-0.25, -0.2) is 0 Å². The number of rotatable bonds is 8. The number of hydrogen-bond donors (Lipinski definition) is 1. The smallest absolute Gasteiger partial charge is 0.161 e. The van der Waals surface area contributed by atoms with E-state index in [0.29, 0.717) is 23.1 Å². The van der Waals surface area contributed by atoms with Gasteiger partial charge in [0, 0.05) is 5.56 Å². The third-order valence-corrected chi connectivity index (χ3v) is 2.94. The molecule has 1 aromatic rings. The number of unbranched alkanes of at least 4 members (excludes halogenated alkanes) is 3. The van der Waals surface area contributed by atoms with Gasteiger partial charge < -0.3 is 15.2 Å². The quantitative estimate of drug-likeness (QED) is 0.580. The van der Waals surface area contributed by atoms with E-state index >= 15 is 0 Å². The minimum absolute atomic E-state index is 0.369. The minimum atomic E-state index is 0.369. The zero-order valence-electron chi connectivity index (χ0n) is 11.1. The maximum absolute atomic E-state index is 5.73. The summed E-state index contributed by atoms with van der Waals surface area (Å²) in [5, 5.41) is 0. The minimum Gasteiger partial charge on any atom is -0.493 e. The fraction of sp³-hybridized carbons (Fsp3) is 0.500. The van der Waals surface area contributed by atoms with E-state index in [1.807, 2.05) is 18.2 Å². The number of thiocarbonyl (C=S) groups is 1. The molecule has 0 saturated carbocycles. The van der Waals surface area contributed by atoms with Crippen LogP contribution in [0.3, 0.4) is 0 Å². The summed E-state index contributed by atoms with van der Waals surface area (Å²) >= 11 is 4.95. The van der Waals surface area contributed by atoms with E-state index < -0.39 is 0 Å². The van der Waals surface area contributed by atoms with E-state index in [9.17, 15) is 0 Å². The number of nitrogens with two attached hydrogens (primary N) is 1. The van der Waals surface area contributed by atoms with Gasteiger partial charge >= 0.3 is 0 Å². The van der Waals surface area contributed by atoms with Crippen molar-refractivity contribution in [2.24, 2.45) is 5.73 Å². The second kappa shape index (κ2) is 7.93. The van der Waals surface area contributed by atoms with Gasteiger partial charge in [-0.2, -0.15) is 0 Å². The summed E-state index contributed by atoms with van der Waals surface area (Å²) in [5.41, 5.74) is 6.40. The van der Waals surface area contributed by atoms with E-state index in [1.165, 1.54) is 19.3 Å². The summed E-state index contributed by atoms with van der Waals surface area (Å²) < 4.78 is 11.0. The van der Waals surface area contributed by atoms with Crippen LogP contribution in [0, 0.1) is 0 Å². The third kappa shape index (κ3) is 4.53. The van der Waals surface area contributed by atoms with Crippen LogP contribution in [0.1, 0.15) is 38.2 Å². The summed E-state index contributed by atoms with van der Waals surface area (Å²) in [4.78, 5) is 0.369. The molecule has 100 valence electrons. The van der Waals surface area contributed by atoms with E-state index in [1.54, 1.807) is 7.11 Å². The van der Waals surface area contributed by atoms with E-state index in [2.05, 4.69) is 6.92 Å². The first-order chi connectivity index (χ1) is 8.69. The van der Waals surface area contributed by atoms with Crippen LogP contribution in [0.4, 0.5) is 0 Å². The summed E-state index contributed by atoms with van der Waals surface area (Å²) in [7, 11) is 1.62. The lowest BCUT2D eigenvalue weighted by molar-refractivity contribution is 0.285. The molecule has 3 nitrogen and oxygen atoms in total. The first-order valence-corrected chi connectivity index (χ1v) is 6.70. The van der Waals surface area contributed by atoms with Crippen molar-refractivity contribution >= 4 is 17.2 Å². The van der Waals surface area contributed by atoms with Crippen molar-refractivity contribution in [1.29, 1.82) is 0 Å². The average Bonchev–Trinajstić information content (AvgIpc) is 2.38. The molecule has 1 aromatic carbocycles. The molecule has 0 aliphatic carbocycles.